The maximum atomic E-state index is 13.6. The number of hydrogen-bond acceptors (Lipinski definition) is 8. The smallest absolute Gasteiger partial charge is 0.276 e. The van der Waals surface area contributed by atoms with Crippen molar-refractivity contribution in [3.05, 3.63) is 75.3 Å². The van der Waals surface area contributed by atoms with Gasteiger partial charge in [-0.25, -0.2) is 0 Å². The van der Waals surface area contributed by atoms with Crippen LogP contribution in [0.1, 0.15) is 59.1 Å². The summed E-state index contributed by atoms with van der Waals surface area (Å²) < 4.78 is 11.9. The summed E-state index contributed by atoms with van der Waals surface area (Å²) in [5, 5.41) is 8.02. The molecule has 4 rings (SSSR count). The van der Waals surface area contributed by atoms with Gasteiger partial charge in [0.2, 0.25) is 5.91 Å². The van der Waals surface area contributed by atoms with E-state index in [1.807, 2.05) is 37.3 Å². The van der Waals surface area contributed by atoms with E-state index in [0.29, 0.717) is 23.7 Å². The van der Waals surface area contributed by atoms with Crippen molar-refractivity contribution in [2.24, 2.45) is 5.73 Å². The standard InChI is InChI=1S/C24H26N6O5/c1-4-18(29(11-10-19(25)31)23(32)17-12-14(2)34-28-17)21-26-22-20(15(3)27-35-22)24(33)30(21)13-16-8-6-5-7-9-16/h5-9,12,18H,4,10-11,13H2,1-3H3,(H2,25,31). The second-order valence-corrected chi connectivity index (χ2v) is 8.26. The van der Waals surface area contributed by atoms with Crippen LogP contribution in [0.4, 0.5) is 0 Å². The zero-order chi connectivity index (χ0) is 25.1. The highest BCUT2D eigenvalue weighted by Crippen LogP contribution is 2.27. The molecule has 3 aromatic heterocycles. The van der Waals surface area contributed by atoms with Crippen LogP contribution in [0.5, 0.6) is 0 Å². The van der Waals surface area contributed by atoms with Crippen molar-refractivity contribution in [1.29, 1.82) is 0 Å². The second kappa shape index (κ2) is 9.92. The van der Waals surface area contributed by atoms with Crippen LogP contribution in [0.15, 0.2) is 50.2 Å². The van der Waals surface area contributed by atoms with E-state index < -0.39 is 17.9 Å². The molecule has 3 heterocycles. The van der Waals surface area contributed by atoms with Gasteiger partial charge in [-0.3, -0.25) is 19.0 Å². The van der Waals surface area contributed by atoms with Crippen LogP contribution in [0.25, 0.3) is 11.1 Å². The third-order valence-electron chi connectivity index (χ3n) is 5.75. The summed E-state index contributed by atoms with van der Waals surface area (Å²) in [5.41, 5.74) is 6.54. The van der Waals surface area contributed by atoms with Gasteiger partial charge >= 0.3 is 0 Å². The van der Waals surface area contributed by atoms with Crippen LogP contribution in [0.3, 0.4) is 0 Å². The van der Waals surface area contributed by atoms with Crippen LogP contribution >= 0.6 is 0 Å². The monoisotopic (exact) mass is 478 g/mol. The van der Waals surface area contributed by atoms with Crippen LogP contribution in [-0.4, -0.2) is 43.1 Å². The molecule has 11 heteroatoms. The summed E-state index contributed by atoms with van der Waals surface area (Å²) in [6.45, 7) is 5.44. The predicted molar refractivity (Wildman–Crippen MR) is 125 cm³/mol. The first-order chi connectivity index (χ1) is 16.8. The van der Waals surface area contributed by atoms with Crippen molar-refractivity contribution in [3.63, 3.8) is 0 Å². The van der Waals surface area contributed by atoms with Crippen molar-refractivity contribution in [1.82, 2.24) is 24.8 Å². The Bertz CT molecular complexity index is 1420. The van der Waals surface area contributed by atoms with Crippen molar-refractivity contribution in [3.8, 4) is 0 Å². The number of hydrogen-bond donors (Lipinski definition) is 1. The van der Waals surface area contributed by atoms with Gasteiger partial charge in [0.05, 0.1) is 18.3 Å². The van der Waals surface area contributed by atoms with Crippen molar-refractivity contribution in [2.45, 2.75) is 46.2 Å². The van der Waals surface area contributed by atoms with Gasteiger partial charge in [0.1, 0.15) is 17.0 Å². The van der Waals surface area contributed by atoms with E-state index in [9.17, 15) is 14.4 Å². The van der Waals surface area contributed by atoms with E-state index in [0.717, 1.165) is 5.56 Å². The molecule has 1 unspecified atom stereocenters. The highest BCUT2D eigenvalue weighted by molar-refractivity contribution is 5.93. The molecule has 0 radical (unpaired) electrons. The lowest BCUT2D eigenvalue weighted by molar-refractivity contribution is -0.118. The lowest BCUT2D eigenvalue weighted by Gasteiger charge is -2.31. The molecule has 0 bridgehead atoms. The Balaban J connectivity index is 1.88. The number of nitrogens with zero attached hydrogens (tertiary/aromatic N) is 5. The number of amides is 2. The third kappa shape index (κ3) is 4.84. The lowest BCUT2D eigenvalue weighted by Crippen LogP contribution is -2.40. The van der Waals surface area contributed by atoms with Crippen LogP contribution in [-0.2, 0) is 11.3 Å². The fraction of sp³-hybridized carbons (Fsp3) is 0.333. The number of nitrogens with two attached hydrogens (primary N) is 1. The van der Waals surface area contributed by atoms with Gasteiger partial charge < -0.3 is 19.7 Å². The predicted octanol–water partition coefficient (Wildman–Crippen LogP) is 2.51. The minimum absolute atomic E-state index is 0.00720. The topological polar surface area (TPSA) is 150 Å². The number of fused-ring (bicyclic) bond motifs is 1. The molecule has 0 aliphatic rings. The van der Waals surface area contributed by atoms with Crippen LogP contribution in [0.2, 0.25) is 0 Å². The van der Waals surface area contributed by atoms with Gasteiger partial charge in [-0.2, -0.15) is 4.98 Å². The number of rotatable bonds is 9. The van der Waals surface area contributed by atoms with E-state index in [1.54, 1.807) is 13.8 Å². The summed E-state index contributed by atoms with van der Waals surface area (Å²) >= 11 is 0. The maximum Gasteiger partial charge on any atom is 0.276 e. The van der Waals surface area contributed by atoms with Crippen molar-refractivity contribution >= 4 is 22.9 Å². The van der Waals surface area contributed by atoms with Crippen LogP contribution < -0.4 is 11.3 Å². The van der Waals surface area contributed by atoms with Crippen LogP contribution in [0, 0.1) is 13.8 Å². The van der Waals surface area contributed by atoms with Gasteiger partial charge in [-0.1, -0.05) is 47.6 Å². The zero-order valence-corrected chi connectivity index (χ0v) is 19.7. The van der Waals surface area contributed by atoms with E-state index in [1.165, 1.54) is 15.5 Å². The Morgan fingerprint density at radius 1 is 1.14 bits per heavy atom. The SMILES string of the molecule is CCC(c1nc2onc(C)c2c(=O)n1Cc1ccccc1)N(CCC(N)=O)C(=O)c1cc(C)on1. The zero-order valence-electron chi connectivity index (χ0n) is 19.7. The normalized spacial score (nSPS) is 12.1. The average molecular weight is 479 g/mol. The van der Waals surface area contributed by atoms with Gasteiger partial charge in [0, 0.05) is 19.0 Å². The quantitative estimate of drug-likeness (QED) is 0.385. The van der Waals surface area contributed by atoms with E-state index in [-0.39, 0.29) is 41.9 Å². The molecule has 4 aromatic rings. The average Bonchev–Trinajstić information content (AvgIpc) is 3.44. The van der Waals surface area contributed by atoms with E-state index >= 15 is 0 Å². The summed E-state index contributed by atoms with van der Waals surface area (Å²) in [4.78, 5) is 44.8. The van der Waals surface area contributed by atoms with Crippen molar-refractivity contribution in [2.75, 3.05) is 6.54 Å². The summed E-state index contributed by atoms with van der Waals surface area (Å²) in [6, 6.07) is 10.3. The molecule has 182 valence electrons. The Hall–Kier alpha value is -4.28. The number of primary amides is 1. The maximum absolute atomic E-state index is 13.6. The first kappa shape index (κ1) is 23.9. The first-order valence-electron chi connectivity index (χ1n) is 11.2. The summed E-state index contributed by atoms with van der Waals surface area (Å²) in [6.07, 6.45) is 0.312. The van der Waals surface area contributed by atoms with Gasteiger partial charge in [-0.15, -0.1) is 0 Å². The third-order valence-corrected chi connectivity index (χ3v) is 5.75. The Kier molecular flexibility index (Phi) is 6.76. The molecule has 0 saturated carbocycles. The molecule has 2 N–H and O–H groups in total. The van der Waals surface area contributed by atoms with E-state index in [2.05, 4.69) is 15.3 Å². The van der Waals surface area contributed by atoms with Gasteiger partial charge in [0.15, 0.2) is 5.69 Å². The minimum atomic E-state index is -0.690. The molecule has 35 heavy (non-hydrogen) atoms. The number of carbonyl (C=O) groups is 2. The highest BCUT2D eigenvalue weighted by Gasteiger charge is 2.32. The number of aromatic nitrogens is 4. The fourth-order valence-corrected chi connectivity index (χ4v) is 4.04. The largest absolute Gasteiger partial charge is 0.370 e. The molecular formula is C24H26N6O5. The Morgan fingerprint density at radius 3 is 2.51 bits per heavy atom. The molecule has 11 nitrogen and oxygen atoms in total. The van der Waals surface area contributed by atoms with Crippen molar-refractivity contribution < 1.29 is 18.6 Å². The molecule has 1 atom stereocenters. The molecule has 0 spiro atoms. The molecule has 0 aliphatic heterocycles. The fourth-order valence-electron chi connectivity index (χ4n) is 4.04. The minimum Gasteiger partial charge on any atom is -0.370 e. The first-order valence-corrected chi connectivity index (χ1v) is 11.2. The number of carbonyl (C=O) groups excluding carboxylic acids is 2. The molecular weight excluding hydrogens is 452 g/mol. The Morgan fingerprint density at radius 2 is 1.89 bits per heavy atom. The van der Waals surface area contributed by atoms with Gasteiger partial charge in [-0.05, 0) is 25.8 Å². The number of aryl methyl sites for hydroxylation is 2. The van der Waals surface area contributed by atoms with Gasteiger partial charge in [0.25, 0.3) is 17.2 Å². The van der Waals surface area contributed by atoms with E-state index in [4.69, 9.17) is 14.8 Å². The second-order valence-electron chi connectivity index (χ2n) is 8.26. The summed E-state index contributed by atoms with van der Waals surface area (Å²) in [5.74, 6) is -0.258. The Labute approximate surface area is 200 Å². The highest BCUT2D eigenvalue weighted by atomic mass is 16.5. The molecule has 0 aliphatic carbocycles. The molecule has 2 amide bonds. The summed E-state index contributed by atoms with van der Waals surface area (Å²) in [7, 11) is 0. The molecule has 0 fully saturated rings. The number of benzene rings is 1. The molecule has 0 saturated heterocycles. The molecule has 1 aromatic carbocycles. The lowest BCUT2D eigenvalue weighted by atomic mass is 10.1.